The van der Waals surface area contributed by atoms with E-state index in [1.54, 1.807) is 0 Å². The van der Waals surface area contributed by atoms with Crippen molar-refractivity contribution in [3.8, 4) is 0 Å². The molecule has 3 N–H and O–H groups in total. The second-order valence-electron chi connectivity index (χ2n) is 4.85. The van der Waals surface area contributed by atoms with E-state index in [4.69, 9.17) is 10.5 Å². The van der Waals surface area contributed by atoms with Crippen LogP contribution in [0, 0.1) is 12.8 Å². The predicted molar refractivity (Wildman–Crippen MR) is 69.9 cm³/mol. The van der Waals surface area contributed by atoms with Crippen LogP contribution in [0.1, 0.15) is 12.0 Å². The van der Waals surface area contributed by atoms with Gasteiger partial charge in [0, 0.05) is 29.2 Å². The summed E-state index contributed by atoms with van der Waals surface area (Å²) in [5, 5.41) is 3.39. The highest BCUT2D eigenvalue weighted by Crippen LogP contribution is 2.39. The van der Waals surface area contributed by atoms with Gasteiger partial charge >= 0.3 is 0 Å². The molecule has 1 saturated heterocycles. The van der Waals surface area contributed by atoms with Gasteiger partial charge in [-0.3, -0.25) is 0 Å². The molecule has 1 aliphatic heterocycles. The van der Waals surface area contributed by atoms with Gasteiger partial charge in [-0.1, -0.05) is 0 Å². The van der Waals surface area contributed by atoms with Crippen molar-refractivity contribution in [3.05, 3.63) is 22.3 Å². The van der Waals surface area contributed by atoms with E-state index in [0.717, 1.165) is 23.3 Å². The number of ether oxygens (including phenoxy) is 1. The number of nitrogens with one attached hydrogen (secondary N) is 1. The fourth-order valence-electron chi connectivity index (χ4n) is 2.72. The zero-order valence-corrected chi connectivity index (χ0v) is 11.3. The molecular formula is C12H16BrN3O. The lowest BCUT2D eigenvalue weighted by atomic mass is 9.72. The fraction of sp³-hybridized carbons (Fsp3) is 0.583. The quantitative estimate of drug-likeness (QED) is 0.872. The second-order valence-corrected chi connectivity index (χ2v) is 5.71. The van der Waals surface area contributed by atoms with Gasteiger partial charge in [0.2, 0.25) is 0 Å². The molecule has 4 unspecified atom stereocenters. The number of nitrogens with zero attached hydrogens (tertiary/aromatic N) is 1. The van der Waals surface area contributed by atoms with Gasteiger partial charge in [-0.25, -0.2) is 4.98 Å². The van der Waals surface area contributed by atoms with Gasteiger partial charge in [-0.15, -0.1) is 0 Å². The zero-order chi connectivity index (χ0) is 12.0. The first kappa shape index (κ1) is 11.4. The Morgan fingerprint density at radius 1 is 1.59 bits per heavy atom. The lowest BCUT2D eigenvalue weighted by Gasteiger charge is -2.45. The van der Waals surface area contributed by atoms with Crippen molar-refractivity contribution >= 4 is 21.7 Å². The molecule has 92 valence electrons. The Labute approximate surface area is 109 Å². The number of hydrogen-bond acceptors (Lipinski definition) is 4. The number of rotatable bonds is 2. The third-order valence-electron chi connectivity index (χ3n) is 3.81. The van der Waals surface area contributed by atoms with E-state index in [0.29, 0.717) is 5.92 Å². The van der Waals surface area contributed by atoms with Gasteiger partial charge in [-0.2, -0.15) is 0 Å². The van der Waals surface area contributed by atoms with Gasteiger partial charge in [0.05, 0.1) is 12.1 Å². The predicted octanol–water partition coefficient (Wildman–Crippen LogP) is 1.68. The molecule has 17 heavy (non-hydrogen) atoms. The monoisotopic (exact) mass is 297 g/mol. The minimum absolute atomic E-state index is 0.188. The lowest BCUT2D eigenvalue weighted by Crippen LogP contribution is -2.65. The molecule has 5 heteroatoms. The molecule has 1 aromatic rings. The van der Waals surface area contributed by atoms with Crippen LogP contribution in [0.2, 0.25) is 0 Å². The Hall–Kier alpha value is -0.650. The summed E-state index contributed by atoms with van der Waals surface area (Å²) in [5.74, 6) is 1.41. The number of pyridine rings is 1. The molecule has 2 fully saturated rings. The molecule has 1 aromatic heterocycles. The molecule has 2 aliphatic rings. The zero-order valence-electron chi connectivity index (χ0n) is 9.69. The Kier molecular flexibility index (Phi) is 2.84. The molecule has 4 atom stereocenters. The van der Waals surface area contributed by atoms with Crippen LogP contribution in [0.15, 0.2) is 16.7 Å². The first-order chi connectivity index (χ1) is 8.16. The maximum atomic E-state index is 6.14. The van der Waals surface area contributed by atoms with Crippen molar-refractivity contribution in [2.45, 2.75) is 31.5 Å². The summed E-state index contributed by atoms with van der Waals surface area (Å²) >= 11 is 3.44. The number of aryl methyl sites for hydroxylation is 1. The van der Waals surface area contributed by atoms with E-state index < -0.39 is 0 Å². The summed E-state index contributed by atoms with van der Waals surface area (Å²) in [7, 11) is 0. The van der Waals surface area contributed by atoms with E-state index in [1.165, 1.54) is 5.56 Å². The molecular weight excluding hydrogens is 282 g/mol. The minimum Gasteiger partial charge on any atom is -0.376 e. The summed E-state index contributed by atoms with van der Waals surface area (Å²) in [6.45, 7) is 2.89. The summed E-state index contributed by atoms with van der Waals surface area (Å²) in [6, 6.07) is 2.42. The highest BCUT2D eigenvalue weighted by molar-refractivity contribution is 9.10. The molecule has 0 radical (unpaired) electrons. The normalized spacial score (nSPS) is 35.2. The van der Waals surface area contributed by atoms with E-state index in [9.17, 15) is 0 Å². The van der Waals surface area contributed by atoms with E-state index in [1.807, 2.05) is 19.2 Å². The van der Waals surface area contributed by atoms with Crippen LogP contribution in [0.3, 0.4) is 0 Å². The van der Waals surface area contributed by atoms with Gasteiger partial charge in [0.15, 0.2) is 0 Å². The summed E-state index contributed by atoms with van der Waals surface area (Å²) < 4.78 is 6.71. The summed E-state index contributed by atoms with van der Waals surface area (Å²) in [5.41, 5.74) is 7.31. The van der Waals surface area contributed by atoms with Crippen molar-refractivity contribution in [1.82, 2.24) is 4.98 Å². The molecule has 1 saturated carbocycles. The molecule has 0 bridgehead atoms. The van der Waals surface area contributed by atoms with Crippen LogP contribution in [0.4, 0.5) is 5.82 Å². The Balaban J connectivity index is 1.72. The second kappa shape index (κ2) is 4.23. The lowest BCUT2D eigenvalue weighted by molar-refractivity contribution is 0.00524. The summed E-state index contributed by atoms with van der Waals surface area (Å²) in [6.07, 6.45) is 3.18. The average molecular weight is 298 g/mol. The number of fused-ring (bicyclic) bond motifs is 1. The largest absolute Gasteiger partial charge is 0.376 e. The molecule has 3 rings (SSSR count). The number of hydrogen-bond donors (Lipinski definition) is 2. The SMILES string of the molecule is Cc1cc(NC2C(N)C3CCOC32)ncc1Br. The van der Waals surface area contributed by atoms with Gasteiger partial charge in [0.1, 0.15) is 5.82 Å². The number of anilines is 1. The molecule has 0 spiro atoms. The third kappa shape index (κ3) is 1.86. The van der Waals surface area contributed by atoms with Crippen LogP contribution < -0.4 is 11.1 Å². The minimum atomic E-state index is 0.188. The molecule has 1 aliphatic carbocycles. The van der Waals surface area contributed by atoms with Crippen LogP contribution in [0.25, 0.3) is 0 Å². The van der Waals surface area contributed by atoms with E-state index in [-0.39, 0.29) is 18.2 Å². The maximum Gasteiger partial charge on any atom is 0.126 e. The Morgan fingerprint density at radius 2 is 2.41 bits per heavy atom. The number of halogens is 1. The maximum absolute atomic E-state index is 6.14. The van der Waals surface area contributed by atoms with E-state index >= 15 is 0 Å². The number of aromatic nitrogens is 1. The summed E-state index contributed by atoms with van der Waals surface area (Å²) in [4.78, 5) is 4.34. The van der Waals surface area contributed by atoms with Crippen molar-refractivity contribution in [2.75, 3.05) is 11.9 Å². The highest BCUT2D eigenvalue weighted by Gasteiger charge is 2.52. The Bertz CT molecular complexity index is 440. The van der Waals surface area contributed by atoms with Crippen molar-refractivity contribution < 1.29 is 4.74 Å². The Morgan fingerprint density at radius 3 is 3.18 bits per heavy atom. The van der Waals surface area contributed by atoms with Crippen LogP contribution in [-0.2, 0) is 4.74 Å². The van der Waals surface area contributed by atoms with Crippen LogP contribution in [0.5, 0.6) is 0 Å². The number of nitrogens with two attached hydrogens (primary N) is 1. The van der Waals surface area contributed by atoms with Crippen LogP contribution in [-0.4, -0.2) is 29.8 Å². The molecule has 2 heterocycles. The van der Waals surface area contributed by atoms with Gasteiger partial charge in [-0.05, 0) is 40.9 Å². The highest BCUT2D eigenvalue weighted by atomic mass is 79.9. The molecule has 0 aromatic carbocycles. The topological polar surface area (TPSA) is 60.2 Å². The van der Waals surface area contributed by atoms with Crippen molar-refractivity contribution in [1.29, 1.82) is 0 Å². The first-order valence-electron chi connectivity index (χ1n) is 5.92. The fourth-order valence-corrected chi connectivity index (χ4v) is 2.93. The smallest absolute Gasteiger partial charge is 0.126 e. The standard InChI is InChI=1S/C12H16BrN3O/c1-6-4-9(15-5-8(6)13)16-11-10(14)7-2-3-17-12(7)11/h4-5,7,10-12H,2-3,14H2,1H3,(H,15,16). The van der Waals surface area contributed by atoms with Gasteiger partial charge in [0.25, 0.3) is 0 Å². The van der Waals surface area contributed by atoms with Crippen LogP contribution >= 0.6 is 15.9 Å². The molecule has 4 nitrogen and oxygen atoms in total. The molecule has 0 amide bonds. The van der Waals surface area contributed by atoms with E-state index in [2.05, 4.69) is 26.2 Å². The first-order valence-corrected chi connectivity index (χ1v) is 6.72. The van der Waals surface area contributed by atoms with Gasteiger partial charge < -0.3 is 15.8 Å². The average Bonchev–Trinajstić information content (AvgIpc) is 2.75. The van der Waals surface area contributed by atoms with Crippen molar-refractivity contribution in [3.63, 3.8) is 0 Å². The van der Waals surface area contributed by atoms with Crippen molar-refractivity contribution in [2.24, 2.45) is 11.7 Å². The third-order valence-corrected chi connectivity index (χ3v) is 4.64.